The van der Waals surface area contributed by atoms with Gasteiger partial charge in [-0.1, -0.05) is 42.5 Å². The van der Waals surface area contributed by atoms with Crippen molar-refractivity contribution in [2.75, 3.05) is 6.61 Å². The first-order valence-corrected chi connectivity index (χ1v) is 9.38. The first-order chi connectivity index (χ1) is 13.7. The predicted octanol–water partition coefficient (Wildman–Crippen LogP) is 3.08. The van der Waals surface area contributed by atoms with E-state index >= 15 is 0 Å². The summed E-state index contributed by atoms with van der Waals surface area (Å²) >= 11 is 0. The van der Waals surface area contributed by atoms with Crippen LogP contribution in [0.15, 0.2) is 60.8 Å². The lowest BCUT2D eigenvalue weighted by Crippen LogP contribution is -2.28. The van der Waals surface area contributed by atoms with Crippen molar-refractivity contribution in [3.8, 4) is 0 Å². The maximum atomic E-state index is 13.4. The molecule has 0 spiro atoms. The van der Waals surface area contributed by atoms with Crippen molar-refractivity contribution in [2.24, 2.45) is 0 Å². The van der Waals surface area contributed by atoms with Gasteiger partial charge in [-0.3, -0.25) is 9.48 Å². The molecule has 0 bridgehead atoms. The van der Waals surface area contributed by atoms with Gasteiger partial charge in [0.15, 0.2) is 0 Å². The third-order valence-electron chi connectivity index (χ3n) is 5.25. The second kappa shape index (κ2) is 7.94. The Morgan fingerprint density at radius 3 is 2.50 bits per heavy atom. The monoisotopic (exact) mass is 379 g/mol. The summed E-state index contributed by atoms with van der Waals surface area (Å²) in [5.74, 6) is -0.373. The third-order valence-corrected chi connectivity index (χ3v) is 5.25. The maximum absolute atomic E-state index is 13.4. The van der Waals surface area contributed by atoms with E-state index in [0.717, 1.165) is 22.4 Å². The van der Waals surface area contributed by atoms with Crippen LogP contribution in [0.1, 0.15) is 34.7 Å². The summed E-state index contributed by atoms with van der Waals surface area (Å²) < 4.78 is 15.1. The van der Waals surface area contributed by atoms with Gasteiger partial charge in [-0.25, -0.2) is 4.39 Å². The standard InChI is InChI=1S/C22H22FN3O2/c23-19-8-6-17(7-9-19)20(16-4-2-1-3-5-16)12-22(28)25-14-18-13-24-26(10-11-27)21(18)15-25/h1-9,13,20,27H,10-12,14-15H2/t20-/m0/s1. The van der Waals surface area contributed by atoms with Crippen LogP contribution in [-0.2, 0) is 24.4 Å². The normalized spacial score (nSPS) is 14.1. The minimum absolute atomic E-state index is 0.0166. The van der Waals surface area contributed by atoms with Crippen LogP contribution >= 0.6 is 0 Å². The fourth-order valence-corrected chi connectivity index (χ4v) is 3.78. The lowest BCUT2D eigenvalue weighted by atomic mass is 9.88. The maximum Gasteiger partial charge on any atom is 0.224 e. The van der Waals surface area contributed by atoms with Crippen molar-refractivity contribution in [3.05, 3.63) is 89.0 Å². The molecular formula is C22H22FN3O2. The van der Waals surface area contributed by atoms with Gasteiger partial charge < -0.3 is 10.0 Å². The molecule has 1 aliphatic rings. The minimum atomic E-state index is -0.287. The van der Waals surface area contributed by atoms with Crippen LogP contribution in [0.2, 0.25) is 0 Å². The number of aromatic nitrogens is 2. The second-order valence-electron chi connectivity index (χ2n) is 7.03. The van der Waals surface area contributed by atoms with E-state index in [-0.39, 0.29) is 24.2 Å². The number of amides is 1. The molecule has 1 N–H and O–H groups in total. The van der Waals surface area contributed by atoms with Crippen LogP contribution in [-0.4, -0.2) is 32.3 Å². The highest BCUT2D eigenvalue weighted by Crippen LogP contribution is 2.31. The number of hydrogen-bond donors (Lipinski definition) is 1. The second-order valence-corrected chi connectivity index (χ2v) is 7.03. The number of hydrogen-bond acceptors (Lipinski definition) is 3. The summed E-state index contributed by atoms with van der Waals surface area (Å²) in [6.07, 6.45) is 2.08. The number of benzene rings is 2. The number of fused-ring (bicyclic) bond motifs is 1. The summed E-state index contributed by atoms with van der Waals surface area (Å²) in [6, 6.07) is 16.2. The Morgan fingerprint density at radius 1 is 1.07 bits per heavy atom. The third kappa shape index (κ3) is 3.68. The van der Waals surface area contributed by atoms with Gasteiger partial charge in [-0.2, -0.15) is 5.10 Å². The van der Waals surface area contributed by atoms with Crippen molar-refractivity contribution >= 4 is 5.91 Å². The fourth-order valence-electron chi connectivity index (χ4n) is 3.78. The van der Waals surface area contributed by atoms with Crippen molar-refractivity contribution in [1.29, 1.82) is 0 Å². The van der Waals surface area contributed by atoms with E-state index in [0.29, 0.717) is 26.1 Å². The van der Waals surface area contributed by atoms with Gasteiger partial charge in [-0.05, 0) is 23.3 Å². The Morgan fingerprint density at radius 2 is 1.79 bits per heavy atom. The highest BCUT2D eigenvalue weighted by atomic mass is 19.1. The zero-order chi connectivity index (χ0) is 19.5. The zero-order valence-corrected chi connectivity index (χ0v) is 15.5. The Hall–Kier alpha value is -2.99. The quantitative estimate of drug-likeness (QED) is 0.716. The number of aliphatic hydroxyl groups excluding tert-OH is 1. The van der Waals surface area contributed by atoms with Gasteiger partial charge in [0.2, 0.25) is 5.91 Å². The molecule has 5 nitrogen and oxygen atoms in total. The number of carbonyl (C=O) groups excluding carboxylic acids is 1. The molecule has 0 unspecified atom stereocenters. The van der Waals surface area contributed by atoms with Crippen LogP contribution in [0.3, 0.4) is 0 Å². The summed E-state index contributed by atoms with van der Waals surface area (Å²) in [7, 11) is 0. The van der Waals surface area contributed by atoms with E-state index in [1.165, 1.54) is 12.1 Å². The largest absolute Gasteiger partial charge is 0.394 e. The molecule has 0 radical (unpaired) electrons. The van der Waals surface area contributed by atoms with E-state index in [1.54, 1.807) is 23.0 Å². The lowest BCUT2D eigenvalue weighted by Gasteiger charge is -2.22. The first-order valence-electron chi connectivity index (χ1n) is 9.38. The molecular weight excluding hydrogens is 357 g/mol. The highest BCUT2D eigenvalue weighted by Gasteiger charge is 2.29. The zero-order valence-electron chi connectivity index (χ0n) is 15.5. The smallest absolute Gasteiger partial charge is 0.224 e. The van der Waals surface area contributed by atoms with Crippen molar-refractivity contribution in [3.63, 3.8) is 0 Å². The van der Waals surface area contributed by atoms with E-state index in [9.17, 15) is 9.18 Å². The highest BCUT2D eigenvalue weighted by molar-refractivity contribution is 5.78. The van der Waals surface area contributed by atoms with Crippen LogP contribution in [0.25, 0.3) is 0 Å². The molecule has 1 amide bonds. The first kappa shape index (κ1) is 18.4. The molecule has 1 aliphatic heterocycles. The van der Waals surface area contributed by atoms with Crippen molar-refractivity contribution in [1.82, 2.24) is 14.7 Å². The summed E-state index contributed by atoms with van der Waals surface area (Å²) in [5.41, 5.74) is 3.97. The minimum Gasteiger partial charge on any atom is -0.394 e. The Balaban J connectivity index is 1.54. The topological polar surface area (TPSA) is 58.4 Å². The number of halogens is 1. The molecule has 3 aromatic rings. The molecule has 144 valence electrons. The number of rotatable bonds is 6. The Kier molecular flexibility index (Phi) is 5.21. The molecule has 1 aromatic heterocycles. The average Bonchev–Trinajstić information content (AvgIpc) is 3.30. The van der Waals surface area contributed by atoms with Crippen LogP contribution in [0.4, 0.5) is 4.39 Å². The molecule has 28 heavy (non-hydrogen) atoms. The van der Waals surface area contributed by atoms with Crippen molar-refractivity contribution < 1.29 is 14.3 Å². The molecule has 4 rings (SSSR count). The molecule has 6 heteroatoms. The van der Waals surface area contributed by atoms with Crippen LogP contribution < -0.4 is 0 Å². The van der Waals surface area contributed by atoms with E-state index in [1.807, 2.05) is 35.2 Å². The van der Waals surface area contributed by atoms with Gasteiger partial charge in [0.25, 0.3) is 0 Å². The molecule has 0 aliphatic carbocycles. The summed E-state index contributed by atoms with van der Waals surface area (Å²) in [6.45, 7) is 1.48. The number of nitrogens with zero attached hydrogens (tertiary/aromatic N) is 3. The Bertz CT molecular complexity index is 954. The average molecular weight is 379 g/mol. The van der Waals surface area contributed by atoms with E-state index in [2.05, 4.69) is 5.10 Å². The molecule has 0 saturated heterocycles. The molecule has 2 heterocycles. The lowest BCUT2D eigenvalue weighted by molar-refractivity contribution is -0.132. The van der Waals surface area contributed by atoms with Gasteiger partial charge in [-0.15, -0.1) is 0 Å². The molecule has 1 atom stereocenters. The van der Waals surface area contributed by atoms with Crippen molar-refractivity contribution in [2.45, 2.75) is 32.0 Å². The van der Waals surface area contributed by atoms with E-state index < -0.39 is 0 Å². The van der Waals surface area contributed by atoms with Crippen LogP contribution in [0, 0.1) is 5.82 Å². The van der Waals surface area contributed by atoms with Gasteiger partial charge >= 0.3 is 0 Å². The summed E-state index contributed by atoms with van der Waals surface area (Å²) in [4.78, 5) is 14.9. The summed E-state index contributed by atoms with van der Waals surface area (Å²) in [5, 5.41) is 13.4. The molecule has 0 saturated carbocycles. The fraction of sp³-hybridized carbons (Fsp3) is 0.273. The number of carbonyl (C=O) groups is 1. The van der Waals surface area contributed by atoms with Crippen LogP contribution in [0.5, 0.6) is 0 Å². The number of aliphatic hydroxyl groups is 1. The molecule has 0 fully saturated rings. The van der Waals surface area contributed by atoms with E-state index in [4.69, 9.17) is 5.11 Å². The Labute approximate surface area is 163 Å². The van der Waals surface area contributed by atoms with Gasteiger partial charge in [0, 0.05) is 24.4 Å². The van der Waals surface area contributed by atoms with Gasteiger partial charge in [0.1, 0.15) is 5.82 Å². The predicted molar refractivity (Wildman–Crippen MR) is 103 cm³/mol. The SMILES string of the molecule is O=C(C[C@@H](c1ccccc1)c1ccc(F)cc1)N1Cc2cnn(CCO)c2C1. The van der Waals surface area contributed by atoms with Gasteiger partial charge in [0.05, 0.1) is 31.6 Å². The molecule has 2 aromatic carbocycles.